The maximum Gasteiger partial charge on any atom is 0.416 e. The molecular formula is C21H21F3N2O3. The van der Waals surface area contributed by atoms with E-state index in [2.05, 4.69) is 0 Å². The molecule has 1 aliphatic heterocycles. The van der Waals surface area contributed by atoms with Crippen LogP contribution in [-0.4, -0.2) is 49.4 Å². The molecule has 29 heavy (non-hydrogen) atoms. The van der Waals surface area contributed by atoms with Crippen LogP contribution in [0.1, 0.15) is 22.8 Å². The van der Waals surface area contributed by atoms with Crippen molar-refractivity contribution in [3.63, 3.8) is 0 Å². The molecular weight excluding hydrogens is 385 g/mol. The molecule has 0 radical (unpaired) electrons. The van der Waals surface area contributed by atoms with E-state index in [1.54, 1.807) is 35.2 Å². The molecule has 2 aromatic carbocycles. The number of carbonyl (C=O) groups is 2. The molecule has 0 bridgehead atoms. The first-order valence-electron chi connectivity index (χ1n) is 9.18. The van der Waals surface area contributed by atoms with Gasteiger partial charge in [-0.05, 0) is 37.3 Å². The van der Waals surface area contributed by atoms with Gasteiger partial charge in [-0.2, -0.15) is 13.2 Å². The molecule has 1 amide bonds. The lowest BCUT2D eigenvalue weighted by atomic mass is 10.1. The number of Topliss-reactive ketones (excluding diaryl/α,β-unsaturated/α-hetero) is 1. The average Bonchev–Trinajstić information content (AvgIpc) is 2.72. The molecule has 0 aliphatic carbocycles. The molecule has 2 aromatic rings. The molecule has 0 spiro atoms. The summed E-state index contributed by atoms with van der Waals surface area (Å²) >= 11 is 0. The minimum absolute atomic E-state index is 0.0903. The highest BCUT2D eigenvalue weighted by Crippen LogP contribution is 2.31. The number of ether oxygens (including phenoxy) is 1. The predicted molar refractivity (Wildman–Crippen MR) is 102 cm³/mol. The normalized spacial score (nSPS) is 14.6. The molecule has 0 unspecified atom stereocenters. The van der Waals surface area contributed by atoms with E-state index in [1.165, 1.54) is 13.0 Å². The molecule has 1 saturated heterocycles. The number of amides is 1. The second-order valence-electron chi connectivity index (χ2n) is 6.79. The third-order valence-electron chi connectivity index (χ3n) is 4.77. The quantitative estimate of drug-likeness (QED) is 0.712. The van der Waals surface area contributed by atoms with E-state index in [0.717, 1.165) is 12.1 Å². The Morgan fingerprint density at radius 1 is 1.00 bits per heavy atom. The van der Waals surface area contributed by atoms with Gasteiger partial charge in [-0.15, -0.1) is 0 Å². The van der Waals surface area contributed by atoms with Crippen molar-refractivity contribution >= 4 is 17.4 Å². The first-order chi connectivity index (χ1) is 13.7. The van der Waals surface area contributed by atoms with Crippen molar-refractivity contribution in [3.05, 3.63) is 59.7 Å². The number of nitrogens with zero attached hydrogens (tertiary/aromatic N) is 2. The molecule has 0 saturated carbocycles. The Bertz CT molecular complexity index is 891. The van der Waals surface area contributed by atoms with Gasteiger partial charge in [0, 0.05) is 37.4 Å². The lowest BCUT2D eigenvalue weighted by Crippen LogP contribution is -2.50. The van der Waals surface area contributed by atoms with Crippen LogP contribution in [0.4, 0.5) is 18.9 Å². The minimum atomic E-state index is -4.38. The molecule has 1 heterocycles. The molecule has 3 rings (SSSR count). The van der Waals surface area contributed by atoms with E-state index in [4.69, 9.17) is 4.74 Å². The molecule has 1 fully saturated rings. The van der Waals surface area contributed by atoms with Crippen LogP contribution in [0.5, 0.6) is 5.75 Å². The summed E-state index contributed by atoms with van der Waals surface area (Å²) < 4.78 is 44.2. The molecule has 5 nitrogen and oxygen atoms in total. The Hall–Kier alpha value is -3.03. The highest BCUT2D eigenvalue weighted by Gasteiger charge is 2.31. The summed E-state index contributed by atoms with van der Waals surface area (Å²) in [4.78, 5) is 27.2. The fraction of sp³-hybridized carbons (Fsp3) is 0.333. The average molecular weight is 406 g/mol. The highest BCUT2D eigenvalue weighted by atomic mass is 19.4. The van der Waals surface area contributed by atoms with Crippen LogP contribution in [0, 0.1) is 0 Å². The van der Waals surface area contributed by atoms with Gasteiger partial charge >= 0.3 is 6.18 Å². The number of carbonyl (C=O) groups excluding carboxylic acids is 2. The number of alkyl halides is 3. The maximum absolute atomic E-state index is 12.9. The zero-order valence-electron chi connectivity index (χ0n) is 15.9. The molecule has 0 N–H and O–H groups in total. The van der Waals surface area contributed by atoms with Crippen LogP contribution in [0.2, 0.25) is 0 Å². The number of hydrogen-bond donors (Lipinski definition) is 0. The summed E-state index contributed by atoms with van der Waals surface area (Å²) in [6, 6.07) is 11.8. The van der Waals surface area contributed by atoms with E-state index in [-0.39, 0.29) is 18.3 Å². The van der Waals surface area contributed by atoms with Crippen LogP contribution in [0.3, 0.4) is 0 Å². The molecule has 0 aromatic heterocycles. The maximum atomic E-state index is 12.9. The standard InChI is InChI=1S/C21H21F3N2O3/c1-15(27)16-4-2-7-19(12-16)29-14-20(28)26-10-8-25(9-11-26)18-6-3-5-17(13-18)21(22,23)24/h2-7,12-13H,8-11,14H2,1H3. The van der Waals surface area contributed by atoms with Crippen LogP contribution in [0.25, 0.3) is 0 Å². The second kappa shape index (κ2) is 8.55. The van der Waals surface area contributed by atoms with Gasteiger partial charge in [0.1, 0.15) is 5.75 Å². The number of rotatable bonds is 5. The van der Waals surface area contributed by atoms with Gasteiger partial charge in [-0.3, -0.25) is 9.59 Å². The third-order valence-corrected chi connectivity index (χ3v) is 4.77. The fourth-order valence-electron chi connectivity index (χ4n) is 3.13. The van der Waals surface area contributed by atoms with Gasteiger partial charge in [0.25, 0.3) is 5.91 Å². The van der Waals surface area contributed by atoms with Crippen LogP contribution < -0.4 is 9.64 Å². The molecule has 8 heteroatoms. The Balaban J connectivity index is 1.53. The number of benzene rings is 2. The smallest absolute Gasteiger partial charge is 0.416 e. The summed E-state index contributed by atoms with van der Waals surface area (Å²) in [6.07, 6.45) is -4.38. The summed E-state index contributed by atoms with van der Waals surface area (Å²) in [5.74, 6) is 0.142. The SMILES string of the molecule is CC(=O)c1cccc(OCC(=O)N2CCN(c3cccc(C(F)(F)F)c3)CC2)c1. The van der Waals surface area contributed by atoms with Crippen molar-refractivity contribution < 1.29 is 27.5 Å². The van der Waals surface area contributed by atoms with Crippen molar-refractivity contribution in [2.24, 2.45) is 0 Å². The van der Waals surface area contributed by atoms with Crippen LogP contribution >= 0.6 is 0 Å². The van der Waals surface area contributed by atoms with E-state index in [9.17, 15) is 22.8 Å². The zero-order chi connectivity index (χ0) is 21.0. The van der Waals surface area contributed by atoms with Gasteiger partial charge in [0.2, 0.25) is 0 Å². The molecule has 1 aliphatic rings. The second-order valence-corrected chi connectivity index (χ2v) is 6.79. The van der Waals surface area contributed by atoms with Crippen molar-refractivity contribution in [1.29, 1.82) is 0 Å². The third kappa shape index (κ3) is 5.28. The Morgan fingerprint density at radius 3 is 2.34 bits per heavy atom. The van der Waals surface area contributed by atoms with Crippen LogP contribution in [-0.2, 0) is 11.0 Å². The lowest BCUT2D eigenvalue weighted by molar-refractivity contribution is -0.137. The number of anilines is 1. The number of halogens is 3. The van der Waals surface area contributed by atoms with E-state index >= 15 is 0 Å². The zero-order valence-corrected chi connectivity index (χ0v) is 15.9. The van der Waals surface area contributed by atoms with Crippen molar-refractivity contribution in [1.82, 2.24) is 4.90 Å². The van der Waals surface area contributed by atoms with Gasteiger partial charge < -0.3 is 14.5 Å². The number of hydrogen-bond acceptors (Lipinski definition) is 4. The number of ketones is 1. The van der Waals surface area contributed by atoms with Gasteiger partial charge in [0.05, 0.1) is 5.56 Å². The first-order valence-corrected chi connectivity index (χ1v) is 9.18. The largest absolute Gasteiger partial charge is 0.484 e. The summed E-state index contributed by atoms with van der Waals surface area (Å²) in [6.45, 7) is 2.96. The van der Waals surface area contributed by atoms with E-state index in [0.29, 0.717) is 43.2 Å². The fourth-order valence-corrected chi connectivity index (χ4v) is 3.13. The predicted octanol–water partition coefficient (Wildman–Crippen LogP) is 3.64. The first kappa shape index (κ1) is 20.7. The molecule has 0 atom stereocenters. The lowest BCUT2D eigenvalue weighted by Gasteiger charge is -2.36. The topological polar surface area (TPSA) is 49.9 Å². The summed E-state index contributed by atoms with van der Waals surface area (Å²) in [5.41, 5.74) is 0.309. The number of piperazine rings is 1. The van der Waals surface area contributed by atoms with Gasteiger partial charge in [-0.1, -0.05) is 18.2 Å². The molecule has 154 valence electrons. The van der Waals surface area contributed by atoms with Crippen molar-refractivity contribution in [3.8, 4) is 5.75 Å². The minimum Gasteiger partial charge on any atom is -0.484 e. The van der Waals surface area contributed by atoms with Crippen LogP contribution in [0.15, 0.2) is 48.5 Å². The summed E-state index contributed by atoms with van der Waals surface area (Å²) in [5, 5.41) is 0. The van der Waals surface area contributed by atoms with Crippen molar-refractivity contribution in [2.45, 2.75) is 13.1 Å². The highest BCUT2D eigenvalue weighted by molar-refractivity contribution is 5.94. The summed E-state index contributed by atoms with van der Waals surface area (Å²) in [7, 11) is 0. The Morgan fingerprint density at radius 2 is 1.69 bits per heavy atom. The van der Waals surface area contributed by atoms with Gasteiger partial charge in [-0.25, -0.2) is 0 Å². The Labute approximate surface area is 166 Å². The van der Waals surface area contributed by atoms with Gasteiger partial charge in [0.15, 0.2) is 12.4 Å². The Kier molecular flexibility index (Phi) is 6.10. The van der Waals surface area contributed by atoms with Crippen molar-refractivity contribution in [2.75, 3.05) is 37.7 Å². The van der Waals surface area contributed by atoms with E-state index in [1.807, 2.05) is 4.90 Å². The van der Waals surface area contributed by atoms with E-state index < -0.39 is 11.7 Å². The monoisotopic (exact) mass is 406 g/mol.